The van der Waals surface area contributed by atoms with Crippen LogP contribution in [0.15, 0.2) is 48.5 Å². The standard InChI is InChI=1S/C19H17FO3S/c20-17-8-5-15(6-9-17)19-16(11-21)7-10-18(19)14-3-1-13(2-4-14)12-24(22)23/h1-6,8-9,11,16,24H,7,10,12H2. The highest BCUT2D eigenvalue weighted by molar-refractivity contribution is 7.71. The molecule has 0 aliphatic heterocycles. The summed E-state index contributed by atoms with van der Waals surface area (Å²) in [6.07, 6.45) is 2.45. The van der Waals surface area contributed by atoms with Crippen LogP contribution in [0, 0.1) is 11.7 Å². The van der Waals surface area contributed by atoms with Gasteiger partial charge in [0, 0.05) is 5.92 Å². The number of allylic oxidation sites excluding steroid dienone is 2. The van der Waals surface area contributed by atoms with E-state index in [0.717, 1.165) is 47.0 Å². The van der Waals surface area contributed by atoms with Gasteiger partial charge in [-0.05, 0) is 52.8 Å². The van der Waals surface area contributed by atoms with E-state index in [1.807, 2.05) is 12.1 Å². The number of benzene rings is 2. The van der Waals surface area contributed by atoms with E-state index in [-0.39, 0.29) is 17.5 Å². The highest BCUT2D eigenvalue weighted by Gasteiger charge is 2.27. The summed E-state index contributed by atoms with van der Waals surface area (Å²) in [6, 6.07) is 13.6. The third-order valence-electron chi connectivity index (χ3n) is 4.33. The molecule has 0 heterocycles. The quantitative estimate of drug-likeness (QED) is 0.668. The Morgan fingerprint density at radius 2 is 1.62 bits per heavy atom. The predicted molar refractivity (Wildman–Crippen MR) is 92.5 cm³/mol. The Hall–Kier alpha value is -2.27. The fourth-order valence-electron chi connectivity index (χ4n) is 3.22. The van der Waals surface area contributed by atoms with Gasteiger partial charge in [-0.3, -0.25) is 0 Å². The van der Waals surface area contributed by atoms with Crippen molar-refractivity contribution >= 4 is 28.1 Å². The van der Waals surface area contributed by atoms with Crippen molar-refractivity contribution in [3.63, 3.8) is 0 Å². The number of thiol groups is 1. The molecule has 3 nitrogen and oxygen atoms in total. The summed E-state index contributed by atoms with van der Waals surface area (Å²) in [5, 5.41) is 0. The average Bonchev–Trinajstić information content (AvgIpc) is 3.00. The molecule has 2 aromatic rings. The topological polar surface area (TPSA) is 51.2 Å². The molecule has 0 amide bonds. The van der Waals surface area contributed by atoms with Gasteiger partial charge in [0.1, 0.15) is 22.8 Å². The third-order valence-corrected chi connectivity index (χ3v) is 4.96. The maximum atomic E-state index is 13.2. The van der Waals surface area contributed by atoms with E-state index >= 15 is 0 Å². The van der Waals surface area contributed by atoms with Gasteiger partial charge < -0.3 is 4.79 Å². The van der Waals surface area contributed by atoms with Crippen LogP contribution in [0.1, 0.15) is 29.5 Å². The Morgan fingerprint density at radius 1 is 1.00 bits per heavy atom. The summed E-state index contributed by atoms with van der Waals surface area (Å²) in [4.78, 5) is 11.4. The van der Waals surface area contributed by atoms with Crippen LogP contribution < -0.4 is 0 Å². The highest BCUT2D eigenvalue weighted by atomic mass is 32.2. The maximum absolute atomic E-state index is 13.2. The molecule has 1 atom stereocenters. The zero-order valence-electron chi connectivity index (χ0n) is 12.9. The number of aldehydes is 1. The second-order valence-corrected chi connectivity index (χ2v) is 6.85. The maximum Gasteiger partial charge on any atom is 0.144 e. The lowest BCUT2D eigenvalue weighted by Crippen LogP contribution is -2.00. The first-order chi connectivity index (χ1) is 11.6. The van der Waals surface area contributed by atoms with Gasteiger partial charge in [0.25, 0.3) is 0 Å². The van der Waals surface area contributed by atoms with Gasteiger partial charge in [0.15, 0.2) is 0 Å². The van der Waals surface area contributed by atoms with Gasteiger partial charge in [-0.25, -0.2) is 12.8 Å². The van der Waals surface area contributed by atoms with Crippen molar-refractivity contribution in [2.75, 3.05) is 0 Å². The first-order valence-corrected chi connectivity index (χ1v) is 9.10. The summed E-state index contributed by atoms with van der Waals surface area (Å²) < 4.78 is 34.8. The molecule has 0 saturated carbocycles. The van der Waals surface area contributed by atoms with Crippen LogP contribution in [0.3, 0.4) is 0 Å². The normalized spacial score (nSPS) is 17.5. The van der Waals surface area contributed by atoms with Crippen molar-refractivity contribution in [1.82, 2.24) is 0 Å². The van der Waals surface area contributed by atoms with Crippen molar-refractivity contribution in [1.29, 1.82) is 0 Å². The molecule has 0 bridgehead atoms. The molecule has 124 valence electrons. The summed E-state index contributed by atoms with van der Waals surface area (Å²) >= 11 is 0. The third kappa shape index (κ3) is 3.46. The van der Waals surface area contributed by atoms with E-state index in [4.69, 9.17) is 0 Å². The minimum absolute atomic E-state index is 0.0242. The molecular formula is C19H17FO3S. The van der Waals surface area contributed by atoms with Gasteiger partial charge in [-0.1, -0.05) is 36.4 Å². The number of halogens is 1. The van der Waals surface area contributed by atoms with Crippen molar-refractivity contribution in [3.05, 3.63) is 71.0 Å². The van der Waals surface area contributed by atoms with Crippen molar-refractivity contribution in [2.45, 2.75) is 18.6 Å². The van der Waals surface area contributed by atoms with Crippen LogP contribution in [0.2, 0.25) is 0 Å². The zero-order valence-corrected chi connectivity index (χ0v) is 13.8. The smallest absolute Gasteiger partial charge is 0.144 e. The molecule has 1 unspecified atom stereocenters. The number of carbonyl (C=O) groups excluding carboxylic acids is 1. The molecule has 0 spiro atoms. The molecule has 0 radical (unpaired) electrons. The van der Waals surface area contributed by atoms with Crippen LogP contribution in [-0.4, -0.2) is 14.7 Å². The number of carbonyl (C=O) groups is 1. The molecule has 1 aliphatic rings. The van der Waals surface area contributed by atoms with Crippen molar-refractivity contribution in [2.24, 2.45) is 5.92 Å². The van der Waals surface area contributed by atoms with Gasteiger partial charge in [-0.2, -0.15) is 0 Å². The molecule has 0 fully saturated rings. The molecule has 0 saturated heterocycles. The molecule has 0 N–H and O–H groups in total. The Balaban J connectivity index is 2.03. The van der Waals surface area contributed by atoms with E-state index in [9.17, 15) is 17.6 Å². The number of rotatable bonds is 5. The van der Waals surface area contributed by atoms with E-state index in [0.29, 0.717) is 0 Å². The molecule has 1 aliphatic carbocycles. The molecule has 5 heteroatoms. The Bertz CT molecular complexity index is 841. The summed E-state index contributed by atoms with van der Waals surface area (Å²) in [7, 11) is -2.45. The van der Waals surface area contributed by atoms with Gasteiger partial charge in [-0.15, -0.1) is 0 Å². The fourth-order valence-corrected chi connectivity index (χ4v) is 3.73. The summed E-state index contributed by atoms with van der Waals surface area (Å²) in [5.74, 6) is -0.477. The van der Waals surface area contributed by atoms with E-state index < -0.39 is 10.7 Å². The molecule has 3 rings (SSSR count). The van der Waals surface area contributed by atoms with Crippen molar-refractivity contribution in [3.8, 4) is 0 Å². The highest BCUT2D eigenvalue weighted by Crippen LogP contribution is 2.43. The fraction of sp³-hybridized carbons (Fsp3) is 0.211. The van der Waals surface area contributed by atoms with Crippen LogP contribution in [0.25, 0.3) is 11.1 Å². The predicted octanol–water partition coefficient (Wildman–Crippen LogP) is 3.46. The van der Waals surface area contributed by atoms with Crippen LogP contribution >= 0.6 is 0 Å². The second kappa shape index (κ2) is 7.09. The van der Waals surface area contributed by atoms with Crippen molar-refractivity contribution < 1.29 is 17.6 Å². The van der Waals surface area contributed by atoms with Crippen LogP contribution in [-0.2, 0) is 21.3 Å². The first-order valence-electron chi connectivity index (χ1n) is 7.74. The Labute approximate surface area is 141 Å². The lowest BCUT2D eigenvalue weighted by molar-refractivity contribution is -0.109. The number of hydrogen-bond donors (Lipinski definition) is 1. The van der Waals surface area contributed by atoms with E-state index in [1.165, 1.54) is 12.1 Å². The lowest BCUT2D eigenvalue weighted by atomic mass is 9.92. The van der Waals surface area contributed by atoms with E-state index in [1.54, 1.807) is 24.3 Å². The summed E-state index contributed by atoms with van der Waals surface area (Å²) in [5.41, 5.74) is 4.57. The SMILES string of the molecule is O=CC1CCC(c2ccc(C[SH](=O)=O)cc2)=C1c1ccc(F)cc1. The van der Waals surface area contributed by atoms with Gasteiger partial charge >= 0.3 is 0 Å². The van der Waals surface area contributed by atoms with Gasteiger partial charge in [0.2, 0.25) is 0 Å². The number of hydrogen-bond acceptors (Lipinski definition) is 3. The zero-order chi connectivity index (χ0) is 17.1. The molecule has 24 heavy (non-hydrogen) atoms. The first kappa shape index (κ1) is 16.6. The monoisotopic (exact) mass is 344 g/mol. The minimum atomic E-state index is -2.45. The average molecular weight is 344 g/mol. The summed E-state index contributed by atoms with van der Waals surface area (Å²) in [6.45, 7) is 0. The van der Waals surface area contributed by atoms with Crippen LogP contribution in [0.5, 0.6) is 0 Å². The van der Waals surface area contributed by atoms with E-state index in [2.05, 4.69) is 0 Å². The molecular weight excluding hydrogens is 327 g/mol. The largest absolute Gasteiger partial charge is 0.303 e. The van der Waals surface area contributed by atoms with Crippen LogP contribution in [0.4, 0.5) is 4.39 Å². The molecule has 0 aromatic heterocycles. The Kier molecular flexibility index (Phi) is 4.90. The minimum Gasteiger partial charge on any atom is -0.303 e. The molecule has 2 aromatic carbocycles. The second-order valence-electron chi connectivity index (χ2n) is 5.87. The Morgan fingerprint density at radius 3 is 2.21 bits per heavy atom. The van der Waals surface area contributed by atoms with Gasteiger partial charge in [0.05, 0.1) is 5.75 Å². The lowest BCUT2D eigenvalue weighted by Gasteiger charge is -2.12.